The molecule has 3 rings (SSSR count). The third-order valence-corrected chi connectivity index (χ3v) is 3.18. The molecule has 1 aliphatic heterocycles. The minimum Gasteiger partial charge on any atom is -0.379 e. The number of carbonyl (C=O) groups is 1. The van der Waals surface area contributed by atoms with E-state index in [-0.39, 0.29) is 17.2 Å². The van der Waals surface area contributed by atoms with Crippen molar-refractivity contribution >= 4 is 16.7 Å². The number of hydrazine groups is 1. The molecule has 1 aliphatic rings. The van der Waals surface area contributed by atoms with Gasteiger partial charge in [-0.25, -0.2) is 10.1 Å². The predicted molar refractivity (Wildman–Crippen MR) is 72.2 cm³/mol. The summed E-state index contributed by atoms with van der Waals surface area (Å²) in [5.41, 5.74) is 2.69. The van der Waals surface area contributed by atoms with Crippen molar-refractivity contribution in [2.45, 2.75) is 0 Å². The first kappa shape index (κ1) is 12.8. The Morgan fingerprint density at radius 2 is 1.95 bits per heavy atom. The first-order valence-electron chi connectivity index (χ1n) is 6.37. The quantitative estimate of drug-likeness (QED) is 0.798. The van der Waals surface area contributed by atoms with Crippen LogP contribution in [0.25, 0.3) is 10.8 Å². The van der Waals surface area contributed by atoms with Crippen molar-refractivity contribution in [3.05, 3.63) is 40.3 Å². The molecular formula is C13H14N4O3. The van der Waals surface area contributed by atoms with Gasteiger partial charge in [0.2, 0.25) is 0 Å². The lowest BCUT2D eigenvalue weighted by Crippen LogP contribution is -2.48. The Morgan fingerprint density at radius 1 is 1.25 bits per heavy atom. The average Bonchev–Trinajstić information content (AvgIpc) is 2.49. The molecule has 104 valence electrons. The van der Waals surface area contributed by atoms with Crippen molar-refractivity contribution in [2.75, 3.05) is 26.3 Å². The number of aromatic amines is 1. The van der Waals surface area contributed by atoms with Crippen molar-refractivity contribution < 1.29 is 9.53 Å². The van der Waals surface area contributed by atoms with Crippen LogP contribution in [-0.4, -0.2) is 47.4 Å². The lowest BCUT2D eigenvalue weighted by atomic mass is 10.1. The molecule has 1 saturated heterocycles. The summed E-state index contributed by atoms with van der Waals surface area (Å²) < 4.78 is 5.22. The number of H-pyrrole nitrogens is 1. The number of aromatic nitrogens is 2. The van der Waals surface area contributed by atoms with Gasteiger partial charge < -0.3 is 4.74 Å². The van der Waals surface area contributed by atoms with Gasteiger partial charge in [-0.15, -0.1) is 0 Å². The van der Waals surface area contributed by atoms with E-state index in [4.69, 9.17) is 4.74 Å². The summed E-state index contributed by atoms with van der Waals surface area (Å²) in [6.07, 6.45) is 0. The van der Waals surface area contributed by atoms with E-state index >= 15 is 0 Å². The van der Waals surface area contributed by atoms with Crippen LogP contribution in [0.4, 0.5) is 0 Å². The topological polar surface area (TPSA) is 87.3 Å². The second-order valence-electron chi connectivity index (χ2n) is 4.49. The molecule has 2 N–H and O–H groups in total. The van der Waals surface area contributed by atoms with Crippen molar-refractivity contribution in [3.8, 4) is 0 Å². The van der Waals surface area contributed by atoms with E-state index in [9.17, 15) is 9.59 Å². The monoisotopic (exact) mass is 274 g/mol. The number of amides is 1. The summed E-state index contributed by atoms with van der Waals surface area (Å²) in [4.78, 5) is 23.9. The van der Waals surface area contributed by atoms with Crippen LogP contribution in [0.2, 0.25) is 0 Å². The fourth-order valence-corrected chi connectivity index (χ4v) is 2.16. The van der Waals surface area contributed by atoms with E-state index in [1.807, 2.05) is 0 Å². The smallest absolute Gasteiger partial charge is 0.286 e. The van der Waals surface area contributed by atoms with Gasteiger partial charge >= 0.3 is 0 Å². The molecular weight excluding hydrogens is 260 g/mol. The van der Waals surface area contributed by atoms with Crippen LogP contribution in [0.5, 0.6) is 0 Å². The number of fused-ring (bicyclic) bond motifs is 1. The highest BCUT2D eigenvalue weighted by atomic mass is 16.5. The van der Waals surface area contributed by atoms with Crippen LogP contribution >= 0.6 is 0 Å². The molecule has 0 saturated carbocycles. The summed E-state index contributed by atoms with van der Waals surface area (Å²) in [5.74, 6) is -0.334. The zero-order valence-corrected chi connectivity index (χ0v) is 10.8. The minimum atomic E-state index is -0.334. The van der Waals surface area contributed by atoms with Crippen molar-refractivity contribution in [1.29, 1.82) is 0 Å². The molecule has 2 aromatic rings. The molecule has 20 heavy (non-hydrogen) atoms. The van der Waals surface area contributed by atoms with Gasteiger partial charge in [0.25, 0.3) is 11.5 Å². The van der Waals surface area contributed by atoms with Crippen LogP contribution < -0.4 is 11.0 Å². The summed E-state index contributed by atoms with van der Waals surface area (Å²) in [5, 5.41) is 9.00. The second kappa shape index (κ2) is 5.40. The van der Waals surface area contributed by atoms with Crippen molar-refractivity contribution in [2.24, 2.45) is 0 Å². The molecule has 7 heteroatoms. The Labute approximate surface area is 114 Å². The number of nitrogens with one attached hydrogen (secondary N) is 2. The Balaban J connectivity index is 1.91. The molecule has 0 radical (unpaired) electrons. The van der Waals surface area contributed by atoms with E-state index in [1.54, 1.807) is 29.3 Å². The third-order valence-electron chi connectivity index (χ3n) is 3.18. The maximum atomic E-state index is 12.3. The fraction of sp³-hybridized carbons (Fsp3) is 0.308. The molecule has 0 atom stereocenters. The highest BCUT2D eigenvalue weighted by Crippen LogP contribution is 2.12. The Kier molecular flexibility index (Phi) is 3.44. The Bertz CT molecular complexity index is 691. The molecule has 2 heterocycles. The molecule has 1 fully saturated rings. The number of rotatable bonds is 2. The van der Waals surface area contributed by atoms with E-state index in [2.05, 4.69) is 15.6 Å². The average molecular weight is 274 g/mol. The maximum Gasteiger partial charge on any atom is 0.286 e. The van der Waals surface area contributed by atoms with Gasteiger partial charge in [-0.2, -0.15) is 5.10 Å². The van der Waals surface area contributed by atoms with Gasteiger partial charge in [-0.1, -0.05) is 18.2 Å². The second-order valence-corrected chi connectivity index (χ2v) is 4.49. The van der Waals surface area contributed by atoms with E-state index in [0.717, 1.165) is 0 Å². The maximum absolute atomic E-state index is 12.3. The molecule has 0 spiro atoms. The number of ether oxygens (including phenoxy) is 1. The third kappa shape index (κ3) is 2.40. The first-order chi connectivity index (χ1) is 9.75. The molecule has 0 aliphatic carbocycles. The van der Waals surface area contributed by atoms with E-state index < -0.39 is 0 Å². The Morgan fingerprint density at radius 3 is 2.70 bits per heavy atom. The van der Waals surface area contributed by atoms with Crippen LogP contribution in [-0.2, 0) is 4.74 Å². The lowest BCUT2D eigenvalue weighted by Gasteiger charge is -2.26. The standard InChI is InChI=1S/C13H14N4O3/c18-12-10-4-2-1-3-9(10)11(14-15-12)13(19)16-17-5-7-20-8-6-17/h1-4H,5-8H2,(H,15,18)(H,16,19). The number of hydrogen-bond donors (Lipinski definition) is 2. The number of nitrogens with zero attached hydrogens (tertiary/aromatic N) is 2. The lowest BCUT2D eigenvalue weighted by molar-refractivity contribution is 0.0125. The van der Waals surface area contributed by atoms with Gasteiger partial charge in [0.15, 0.2) is 5.69 Å². The molecule has 1 aromatic heterocycles. The molecule has 7 nitrogen and oxygen atoms in total. The molecule has 0 unspecified atom stereocenters. The van der Waals surface area contributed by atoms with Gasteiger partial charge in [-0.3, -0.25) is 15.0 Å². The summed E-state index contributed by atoms with van der Waals surface area (Å²) in [6.45, 7) is 2.43. The Hall–Kier alpha value is -2.25. The zero-order chi connectivity index (χ0) is 13.9. The van der Waals surface area contributed by atoms with E-state index in [1.165, 1.54) is 0 Å². The van der Waals surface area contributed by atoms with Crippen LogP contribution in [0, 0.1) is 0 Å². The van der Waals surface area contributed by atoms with Crippen LogP contribution in [0.15, 0.2) is 29.1 Å². The normalized spacial score (nSPS) is 16.2. The summed E-state index contributed by atoms with van der Waals surface area (Å²) >= 11 is 0. The number of hydrogen-bond acceptors (Lipinski definition) is 5. The largest absolute Gasteiger partial charge is 0.379 e. The SMILES string of the molecule is O=C(NN1CCOCC1)c1n[nH]c(=O)c2ccccc12. The van der Waals surface area contributed by atoms with E-state index in [0.29, 0.717) is 37.1 Å². The fourth-order valence-electron chi connectivity index (χ4n) is 2.16. The summed E-state index contributed by atoms with van der Waals surface area (Å²) in [7, 11) is 0. The molecule has 0 bridgehead atoms. The van der Waals surface area contributed by atoms with Gasteiger partial charge in [0.1, 0.15) is 0 Å². The number of morpholine rings is 1. The number of carbonyl (C=O) groups excluding carboxylic acids is 1. The van der Waals surface area contributed by atoms with Crippen molar-refractivity contribution in [3.63, 3.8) is 0 Å². The highest BCUT2D eigenvalue weighted by molar-refractivity contribution is 6.04. The molecule has 1 amide bonds. The van der Waals surface area contributed by atoms with Crippen molar-refractivity contribution in [1.82, 2.24) is 20.6 Å². The zero-order valence-electron chi connectivity index (χ0n) is 10.8. The van der Waals surface area contributed by atoms with Crippen LogP contribution in [0.3, 0.4) is 0 Å². The predicted octanol–water partition coefficient (Wildman–Crippen LogP) is -0.0999. The molecule has 1 aromatic carbocycles. The van der Waals surface area contributed by atoms with Gasteiger partial charge in [-0.05, 0) is 6.07 Å². The highest BCUT2D eigenvalue weighted by Gasteiger charge is 2.18. The van der Waals surface area contributed by atoms with Crippen LogP contribution in [0.1, 0.15) is 10.5 Å². The number of benzene rings is 1. The first-order valence-corrected chi connectivity index (χ1v) is 6.37. The van der Waals surface area contributed by atoms with Gasteiger partial charge in [0.05, 0.1) is 18.6 Å². The minimum absolute atomic E-state index is 0.215. The summed E-state index contributed by atoms with van der Waals surface area (Å²) in [6, 6.07) is 6.91. The van der Waals surface area contributed by atoms with Gasteiger partial charge in [0, 0.05) is 18.5 Å².